The Labute approximate surface area is 130 Å². The maximum atomic E-state index is 13.2. The second-order valence-corrected chi connectivity index (χ2v) is 7.16. The molecule has 0 aliphatic heterocycles. The molecule has 3 atom stereocenters. The van der Waals surface area contributed by atoms with Crippen LogP contribution in [0, 0.1) is 0 Å². The third-order valence-corrected chi connectivity index (χ3v) is 3.27. The number of nitrogens with zero attached hydrogens (tertiary/aromatic N) is 1. The molecule has 0 aromatic carbocycles. The topological polar surface area (TPSA) is 103 Å². The Morgan fingerprint density at radius 2 is 2.09 bits per heavy atom. The molecule has 0 aliphatic rings. The Morgan fingerprint density at radius 3 is 2.57 bits per heavy atom. The summed E-state index contributed by atoms with van der Waals surface area (Å²) in [6.07, 6.45) is -1.66. The number of aromatic amines is 1. The number of halogens is 2. The predicted octanol–water partition coefficient (Wildman–Crippen LogP) is 0.250. The molecule has 1 unspecified atom stereocenters. The first kappa shape index (κ1) is 19.7. The van der Waals surface area contributed by atoms with Crippen LogP contribution in [0.25, 0.3) is 0 Å². The summed E-state index contributed by atoms with van der Waals surface area (Å²) < 4.78 is 42.1. The molecule has 8 nitrogen and oxygen atoms in total. The highest BCUT2D eigenvalue weighted by Gasteiger charge is 2.28. The molecule has 11 heteroatoms. The number of rotatable bonds is 9. The number of nitrogens with one attached hydrogen (secondary N) is 1. The van der Waals surface area contributed by atoms with Gasteiger partial charge in [0.05, 0.1) is 13.2 Å². The highest BCUT2D eigenvalue weighted by molar-refractivity contribution is 7.62. The highest BCUT2D eigenvalue weighted by Crippen LogP contribution is 2.36. The number of H-pyrrole nitrogens is 1. The van der Waals surface area contributed by atoms with Gasteiger partial charge < -0.3 is 18.9 Å². The van der Waals surface area contributed by atoms with E-state index in [4.69, 9.17) is 14.0 Å². The van der Waals surface area contributed by atoms with Crippen molar-refractivity contribution in [2.75, 3.05) is 27.0 Å². The fourth-order valence-corrected chi connectivity index (χ4v) is 2.11. The van der Waals surface area contributed by atoms with Crippen LogP contribution in [-0.2, 0) is 14.0 Å². The second kappa shape index (κ2) is 8.51. The molecule has 1 rings (SSSR count). The molecule has 0 amide bonds. The van der Waals surface area contributed by atoms with E-state index in [1.165, 1.54) is 13.8 Å². The molecule has 132 valence electrons. The molecule has 0 fully saturated rings. The molecule has 1 aromatic heterocycles. The van der Waals surface area contributed by atoms with Crippen LogP contribution in [0.3, 0.4) is 0 Å². The largest absolute Gasteiger partial charge is 0.382 e. The Bertz CT molecular complexity index is 655. The number of alkyl halides is 2. The number of aromatic nitrogens is 2. The summed E-state index contributed by atoms with van der Waals surface area (Å²) in [5.41, 5.74) is -1.74. The van der Waals surface area contributed by atoms with Crippen molar-refractivity contribution in [2.45, 2.75) is 18.8 Å². The Balaban J connectivity index is 2.97. The van der Waals surface area contributed by atoms with E-state index in [9.17, 15) is 23.3 Å². The number of hydrogen-bond donors (Lipinski definition) is 2. The van der Waals surface area contributed by atoms with Crippen LogP contribution in [0.4, 0.5) is 8.78 Å². The minimum absolute atomic E-state index is 0.110. The van der Waals surface area contributed by atoms with E-state index in [0.717, 1.165) is 12.3 Å². The molecule has 0 aliphatic carbocycles. The van der Waals surface area contributed by atoms with Crippen LogP contribution >= 0.6 is 7.34 Å². The van der Waals surface area contributed by atoms with Gasteiger partial charge in [0.15, 0.2) is 6.23 Å². The lowest BCUT2D eigenvalue weighted by Crippen LogP contribution is -2.39. The van der Waals surface area contributed by atoms with Gasteiger partial charge in [-0.2, -0.15) is 0 Å². The van der Waals surface area contributed by atoms with Crippen LogP contribution < -0.4 is 11.2 Å². The molecule has 0 spiro atoms. The molecule has 1 aromatic rings. The van der Waals surface area contributed by atoms with Gasteiger partial charge in [0.1, 0.15) is 13.4 Å². The SMILES string of the molecule is C=P(C)(O)OC[C@@H](COC)O[C@H](C(F)F)n1ccc(=O)[nH]c1=O. The van der Waals surface area contributed by atoms with Gasteiger partial charge in [0, 0.05) is 26.0 Å². The van der Waals surface area contributed by atoms with Crippen molar-refractivity contribution < 1.29 is 27.7 Å². The van der Waals surface area contributed by atoms with Crippen molar-refractivity contribution in [1.29, 1.82) is 0 Å². The average molecular weight is 356 g/mol. The highest BCUT2D eigenvalue weighted by atomic mass is 31.2. The molecular formula is C12H19F2N2O6P. The monoisotopic (exact) mass is 356 g/mol. The van der Waals surface area contributed by atoms with E-state index in [1.807, 2.05) is 4.98 Å². The second-order valence-electron chi connectivity index (χ2n) is 4.80. The first-order valence-electron chi connectivity index (χ1n) is 6.46. The summed E-state index contributed by atoms with van der Waals surface area (Å²) in [5, 5.41) is 0. The van der Waals surface area contributed by atoms with E-state index in [1.54, 1.807) is 0 Å². The Morgan fingerprint density at radius 1 is 1.43 bits per heavy atom. The van der Waals surface area contributed by atoms with Crippen LogP contribution in [0.1, 0.15) is 6.23 Å². The first-order chi connectivity index (χ1) is 10.6. The Hall–Kier alpha value is -1.32. The van der Waals surface area contributed by atoms with Gasteiger partial charge in [-0.25, -0.2) is 13.6 Å². The smallest absolute Gasteiger partial charge is 0.330 e. The normalized spacial score (nSPS) is 17.0. The average Bonchev–Trinajstić information content (AvgIpc) is 2.41. The van der Waals surface area contributed by atoms with Crippen LogP contribution in [0.5, 0.6) is 0 Å². The van der Waals surface area contributed by atoms with Gasteiger partial charge in [-0.3, -0.25) is 14.3 Å². The zero-order chi connectivity index (χ0) is 17.6. The maximum Gasteiger partial charge on any atom is 0.330 e. The standard InChI is InChI=1S/C12H19F2N2O6P/c1-20-6-8(7-21-23(2,3)19)22-11(10(13)14)16-5-4-9(17)15-12(16)18/h4-5,8,10-11,19H,2,6-7H2,1,3H3,(H,15,17,18)/t8-,11-,23?/m1/s1. The quantitative estimate of drug-likeness (QED) is 0.615. The summed E-state index contributed by atoms with van der Waals surface area (Å²) in [7, 11) is -1.51. The molecule has 0 saturated heterocycles. The minimum Gasteiger partial charge on any atom is -0.382 e. The van der Waals surface area contributed by atoms with E-state index >= 15 is 0 Å². The molecular weight excluding hydrogens is 337 g/mol. The molecule has 2 N–H and O–H groups in total. The van der Waals surface area contributed by atoms with E-state index in [2.05, 4.69) is 6.30 Å². The fraction of sp³-hybridized carbons (Fsp3) is 0.583. The van der Waals surface area contributed by atoms with Crippen molar-refractivity contribution in [3.8, 4) is 0 Å². The van der Waals surface area contributed by atoms with E-state index < -0.39 is 37.3 Å². The summed E-state index contributed by atoms with van der Waals surface area (Å²) in [4.78, 5) is 34.0. The van der Waals surface area contributed by atoms with Gasteiger partial charge in [-0.1, -0.05) is 6.30 Å². The van der Waals surface area contributed by atoms with Crippen molar-refractivity contribution in [3.63, 3.8) is 0 Å². The first-order valence-corrected chi connectivity index (χ1v) is 8.75. The lowest BCUT2D eigenvalue weighted by atomic mass is 10.4. The van der Waals surface area contributed by atoms with Crippen LogP contribution in [0.15, 0.2) is 21.9 Å². The van der Waals surface area contributed by atoms with Gasteiger partial charge in [-0.15, -0.1) is 0 Å². The fourth-order valence-electron chi connectivity index (χ4n) is 1.63. The van der Waals surface area contributed by atoms with Crippen molar-refractivity contribution >= 4 is 13.6 Å². The molecule has 0 radical (unpaired) electrons. The van der Waals surface area contributed by atoms with Crippen molar-refractivity contribution in [1.82, 2.24) is 9.55 Å². The van der Waals surface area contributed by atoms with Gasteiger partial charge in [0.2, 0.25) is 0 Å². The predicted molar refractivity (Wildman–Crippen MR) is 81.2 cm³/mol. The summed E-state index contributed by atoms with van der Waals surface area (Å²) in [5.74, 6) is 0. The summed E-state index contributed by atoms with van der Waals surface area (Å²) >= 11 is 0. The minimum atomic E-state index is -3.05. The third kappa shape index (κ3) is 6.76. The Kier molecular flexibility index (Phi) is 7.30. The van der Waals surface area contributed by atoms with Crippen molar-refractivity contribution in [3.05, 3.63) is 33.1 Å². The molecule has 23 heavy (non-hydrogen) atoms. The summed E-state index contributed by atoms with van der Waals surface area (Å²) in [6, 6.07) is 0.925. The van der Waals surface area contributed by atoms with Crippen LogP contribution in [0.2, 0.25) is 0 Å². The molecule has 1 heterocycles. The molecule has 0 bridgehead atoms. The third-order valence-electron chi connectivity index (χ3n) is 2.56. The van der Waals surface area contributed by atoms with Crippen LogP contribution in [-0.4, -0.2) is 60.3 Å². The number of methoxy groups -OCH3 is 1. The van der Waals surface area contributed by atoms with Crippen molar-refractivity contribution in [2.24, 2.45) is 0 Å². The number of ether oxygens (including phenoxy) is 2. The summed E-state index contributed by atoms with van der Waals surface area (Å²) in [6.45, 7) is 1.01. The number of hydrogen-bond acceptors (Lipinski definition) is 6. The van der Waals surface area contributed by atoms with E-state index in [0.29, 0.717) is 4.57 Å². The zero-order valence-electron chi connectivity index (χ0n) is 12.6. The zero-order valence-corrected chi connectivity index (χ0v) is 13.5. The lowest BCUT2D eigenvalue weighted by molar-refractivity contribution is -0.154. The lowest BCUT2D eigenvalue weighted by Gasteiger charge is -2.26. The van der Waals surface area contributed by atoms with E-state index in [-0.39, 0.29) is 13.2 Å². The maximum absolute atomic E-state index is 13.2. The van der Waals surface area contributed by atoms with Gasteiger partial charge >= 0.3 is 5.69 Å². The van der Waals surface area contributed by atoms with Gasteiger partial charge in [0.25, 0.3) is 12.0 Å². The molecule has 0 saturated carbocycles. The van der Waals surface area contributed by atoms with Gasteiger partial charge in [-0.05, 0) is 0 Å².